The lowest BCUT2D eigenvalue weighted by molar-refractivity contribution is -0.116. The van der Waals surface area contributed by atoms with Gasteiger partial charge in [-0.15, -0.1) is 0 Å². The van der Waals surface area contributed by atoms with Crippen LogP contribution in [0.2, 0.25) is 0 Å². The first-order valence-electron chi connectivity index (χ1n) is 5.80. The molecule has 16 heavy (non-hydrogen) atoms. The van der Waals surface area contributed by atoms with Crippen LogP contribution in [0.25, 0.3) is 0 Å². The number of hydrogen-bond acceptors (Lipinski definition) is 2. The lowest BCUT2D eigenvalue weighted by Crippen LogP contribution is -2.23. The van der Waals surface area contributed by atoms with Crippen LogP contribution < -0.4 is 11.1 Å². The van der Waals surface area contributed by atoms with Crippen molar-refractivity contribution >= 4 is 11.6 Å². The highest BCUT2D eigenvalue weighted by atomic mass is 16.1. The van der Waals surface area contributed by atoms with Gasteiger partial charge in [-0.3, -0.25) is 4.79 Å². The Hall–Kier alpha value is -1.35. The number of carbonyl (C=O) groups is 1. The zero-order valence-corrected chi connectivity index (χ0v) is 9.84. The van der Waals surface area contributed by atoms with Crippen molar-refractivity contribution in [3.8, 4) is 0 Å². The SMILES string of the molecule is CCC(N)c1cc(C)cc2c1NC(=O)CC2. The summed E-state index contributed by atoms with van der Waals surface area (Å²) in [6.07, 6.45) is 2.29. The van der Waals surface area contributed by atoms with E-state index in [0.29, 0.717) is 6.42 Å². The summed E-state index contributed by atoms with van der Waals surface area (Å²) >= 11 is 0. The second kappa shape index (κ2) is 4.26. The van der Waals surface area contributed by atoms with Gasteiger partial charge in [-0.1, -0.05) is 24.6 Å². The average molecular weight is 218 g/mol. The molecule has 86 valence electrons. The minimum absolute atomic E-state index is 0.00653. The van der Waals surface area contributed by atoms with E-state index < -0.39 is 0 Å². The maximum atomic E-state index is 11.4. The third-order valence-electron chi connectivity index (χ3n) is 3.12. The van der Waals surface area contributed by atoms with Crippen molar-refractivity contribution in [2.75, 3.05) is 5.32 Å². The van der Waals surface area contributed by atoms with Crippen LogP contribution in [-0.4, -0.2) is 5.91 Å². The molecular weight excluding hydrogens is 200 g/mol. The fourth-order valence-corrected chi connectivity index (χ4v) is 2.20. The van der Waals surface area contributed by atoms with E-state index in [9.17, 15) is 4.79 Å². The number of nitrogens with one attached hydrogen (secondary N) is 1. The topological polar surface area (TPSA) is 55.1 Å². The predicted molar refractivity (Wildman–Crippen MR) is 65.3 cm³/mol. The van der Waals surface area contributed by atoms with Crippen molar-refractivity contribution in [3.63, 3.8) is 0 Å². The molecule has 0 fully saturated rings. The van der Waals surface area contributed by atoms with E-state index in [1.165, 1.54) is 11.1 Å². The summed E-state index contributed by atoms with van der Waals surface area (Å²) in [6, 6.07) is 4.23. The molecule has 0 aliphatic carbocycles. The number of aryl methyl sites for hydroxylation is 2. The smallest absolute Gasteiger partial charge is 0.224 e. The summed E-state index contributed by atoms with van der Waals surface area (Å²) in [4.78, 5) is 11.4. The highest BCUT2D eigenvalue weighted by Gasteiger charge is 2.20. The molecule has 0 bridgehead atoms. The van der Waals surface area contributed by atoms with Gasteiger partial charge in [0, 0.05) is 18.2 Å². The number of amides is 1. The van der Waals surface area contributed by atoms with Gasteiger partial charge >= 0.3 is 0 Å². The van der Waals surface area contributed by atoms with Crippen molar-refractivity contribution < 1.29 is 4.79 Å². The van der Waals surface area contributed by atoms with Gasteiger partial charge in [0.25, 0.3) is 0 Å². The van der Waals surface area contributed by atoms with Crippen molar-refractivity contribution in [3.05, 3.63) is 28.8 Å². The van der Waals surface area contributed by atoms with Gasteiger partial charge in [0.2, 0.25) is 5.91 Å². The normalized spacial score (nSPS) is 16.6. The van der Waals surface area contributed by atoms with Crippen molar-refractivity contribution in [2.24, 2.45) is 5.73 Å². The van der Waals surface area contributed by atoms with Crippen LogP contribution in [0.15, 0.2) is 12.1 Å². The molecule has 0 saturated heterocycles. The number of rotatable bonds is 2. The van der Waals surface area contributed by atoms with Crippen LogP contribution in [0.5, 0.6) is 0 Å². The van der Waals surface area contributed by atoms with E-state index >= 15 is 0 Å². The van der Waals surface area contributed by atoms with Crippen molar-refractivity contribution in [1.29, 1.82) is 0 Å². The molecule has 0 saturated carbocycles. The second-order valence-corrected chi connectivity index (χ2v) is 4.45. The summed E-state index contributed by atoms with van der Waals surface area (Å²) < 4.78 is 0. The number of hydrogen-bond donors (Lipinski definition) is 2. The third kappa shape index (κ3) is 1.95. The molecule has 0 radical (unpaired) electrons. The van der Waals surface area contributed by atoms with Crippen LogP contribution in [0.1, 0.15) is 42.5 Å². The Labute approximate surface area is 96.0 Å². The van der Waals surface area contributed by atoms with E-state index in [1.807, 2.05) is 0 Å². The molecular formula is C13H18N2O. The van der Waals surface area contributed by atoms with Gasteiger partial charge in [-0.25, -0.2) is 0 Å². The standard InChI is InChI=1S/C13H18N2O/c1-3-11(14)10-7-8(2)6-9-4-5-12(16)15-13(9)10/h6-7,11H,3-5,14H2,1-2H3,(H,15,16). The monoisotopic (exact) mass is 218 g/mol. The number of benzene rings is 1. The Kier molecular flexibility index (Phi) is 2.97. The quantitative estimate of drug-likeness (QED) is 0.800. The first-order valence-corrected chi connectivity index (χ1v) is 5.80. The summed E-state index contributed by atoms with van der Waals surface area (Å²) in [6.45, 7) is 4.13. The van der Waals surface area contributed by atoms with E-state index in [4.69, 9.17) is 5.73 Å². The second-order valence-electron chi connectivity index (χ2n) is 4.45. The number of anilines is 1. The van der Waals surface area contributed by atoms with E-state index in [1.54, 1.807) is 0 Å². The Morgan fingerprint density at radius 1 is 1.44 bits per heavy atom. The number of carbonyl (C=O) groups excluding carboxylic acids is 1. The molecule has 1 unspecified atom stereocenters. The average Bonchev–Trinajstić information content (AvgIpc) is 2.27. The van der Waals surface area contributed by atoms with Gasteiger partial charge in [-0.2, -0.15) is 0 Å². The molecule has 3 heteroatoms. The Morgan fingerprint density at radius 3 is 2.88 bits per heavy atom. The lowest BCUT2D eigenvalue weighted by Gasteiger charge is -2.23. The zero-order chi connectivity index (χ0) is 11.7. The predicted octanol–water partition coefficient (Wildman–Crippen LogP) is 2.29. The first-order chi connectivity index (χ1) is 7.61. The maximum absolute atomic E-state index is 11.4. The number of fused-ring (bicyclic) bond motifs is 1. The van der Waals surface area contributed by atoms with E-state index in [0.717, 1.165) is 24.1 Å². The van der Waals surface area contributed by atoms with Crippen molar-refractivity contribution in [1.82, 2.24) is 0 Å². The summed E-state index contributed by atoms with van der Waals surface area (Å²) in [5.41, 5.74) is 10.5. The number of nitrogens with two attached hydrogens (primary N) is 1. The van der Waals surface area contributed by atoms with Crippen LogP contribution in [0.4, 0.5) is 5.69 Å². The molecule has 1 aromatic rings. The molecule has 2 rings (SSSR count). The fraction of sp³-hybridized carbons (Fsp3) is 0.462. The van der Waals surface area contributed by atoms with E-state index in [2.05, 4.69) is 31.3 Å². The molecule has 0 aromatic heterocycles. The van der Waals surface area contributed by atoms with Crippen LogP contribution in [-0.2, 0) is 11.2 Å². The summed E-state index contributed by atoms with van der Waals surface area (Å²) in [7, 11) is 0. The van der Waals surface area contributed by atoms with Gasteiger partial charge in [0.15, 0.2) is 0 Å². The largest absolute Gasteiger partial charge is 0.326 e. The molecule has 1 aliphatic rings. The van der Waals surface area contributed by atoms with Gasteiger partial charge in [0.05, 0.1) is 0 Å². The molecule has 1 aliphatic heterocycles. The molecule has 1 atom stereocenters. The Bertz CT molecular complexity index is 426. The van der Waals surface area contributed by atoms with Crippen LogP contribution >= 0.6 is 0 Å². The van der Waals surface area contributed by atoms with Gasteiger partial charge in [0.1, 0.15) is 0 Å². The van der Waals surface area contributed by atoms with Gasteiger partial charge < -0.3 is 11.1 Å². The molecule has 0 spiro atoms. The summed E-state index contributed by atoms with van der Waals surface area (Å²) in [5, 5.41) is 2.95. The minimum Gasteiger partial charge on any atom is -0.326 e. The Morgan fingerprint density at radius 2 is 2.19 bits per heavy atom. The van der Waals surface area contributed by atoms with E-state index in [-0.39, 0.29) is 11.9 Å². The lowest BCUT2D eigenvalue weighted by atomic mass is 9.92. The molecule has 1 heterocycles. The highest BCUT2D eigenvalue weighted by molar-refractivity contribution is 5.95. The molecule has 3 nitrogen and oxygen atoms in total. The Balaban J connectivity index is 2.51. The molecule has 1 amide bonds. The third-order valence-corrected chi connectivity index (χ3v) is 3.12. The van der Waals surface area contributed by atoms with Crippen LogP contribution in [0, 0.1) is 6.92 Å². The van der Waals surface area contributed by atoms with Crippen molar-refractivity contribution in [2.45, 2.75) is 39.2 Å². The van der Waals surface area contributed by atoms with Gasteiger partial charge in [-0.05, 0) is 30.9 Å². The zero-order valence-electron chi connectivity index (χ0n) is 9.84. The van der Waals surface area contributed by atoms with Crippen LogP contribution in [0.3, 0.4) is 0 Å². The minimum atomic E-state index is 0.00653. The highest BCUT2D eigenvalue weighted by Crippen LogP contribution is 2.32. The molecule has 3 N–H and O–H groups in total. The maximum Gasteiger partial charge on any atom is 0.224 e. The first kappa shape index (κ1) is 11.1. The summed E-state index contributed by atoms with van der Waals surface area (Å²) in [5.74, 6) is 0.0981. The molecule has 1 aromatic carbocycles. The fourth-order valence-electron chi connectivity index (χ4n) is 2.20.